The Morgan fingerprint density at radius 1 is 1.19 bits per heavy atom. The van der Waals surface area contributed by atoms with Crippen LogP contribution in [0.15, 0.2) is 17.7 Å². The van der Waals surface area contributed by atoms with E-state index < -0.39 is 11.8 Å². The lowest BCUT2D eigenvalue weighted by atomic mass is 10.1. The van der Waals surface area contributed by atoms with E-state index in [4.69, 9.17) is 9.47 Å². The molecular weight excluding hydrogens is 276 g/mol. The largest absolute Gasteiger partial charge is 0.507 e. The van der Waals surface area contributed by atoms with Gasteiger partial charge in [0.05, 0.1) is 26.4 Å². The summed E-state index contributed by atoms with van der Waals surface area (Å²) in [4.78, 5) is 23.5. The van der Waals surface area contributed by atoms with E-state index in [-0.39, 0.29) is 24.4 Å². The van der Waals surface area contributed by atoms with Crippen molar-refractivity contribution < 1.29 is 28.9 Å². The molecule has 1 aliphatic rings. The molecule has 0 spiro atoms. The molecule has 1 aromatic carbocycles. The summed E-state index contributed by atoms with van der Waals surface area (Å²) < 4.78 is 15.0. The number of rotatable bonds is 5. The molecule has 6 nitrogen and oxygen atoms in total. The van der Waals surface area contributed by atoms with Gasteiger partial charge in [0, 0.05) is 12.0 Å². The second-order valence-corrected chi connectivity index (χ2v) is 4.42. The topological polar surface area (TPSA) is 82.1 Å². The fourth-order valence-electron chi connectivity index (χ4n) is 2.23. The highest BCUT2D eigenvalue weighted by Gasteiger charge is 2.31. The first-order valence-electron chi connectivity index (χ1n) is 6.42. The standard InChI is InChI=1S/C15H16O6/c1-4-21-15(18)14(17)10-5-8-6-11(19-2)12(20-3)7-9(8)13(10)16/h6-7,16H,4-5H2,1-3H3. The first-order valence-corrected chi connectivity index (χ1v) is 6.42. The number of carbonyl (C=O) groups excluding carboxylic acids is 2. The first-order chi connectivity index (χ1) is 10.0. The summed E-state index contributed by atoms with van der Waals surface area (Å²) in [5.74, 6) is -1.08. The summed E-state index contributed by atoms with van der Waals surface area (Å²) in [5, 5.41) is 10.2. The Hall–Kier alpha value is -2.50. The van der Waals surface area contributed by atoms with Crippen LogP contribution in [0.5, 0.6) is 11.5 Å². The lowest BCUT2D eigenvalue weighted by Gasteiger charge is -2.10. The molecule has 21 heavy (non-hydrogen) atoms. The summed E-state index contributed by atoms with van der Waals surface area (Å²) in [6.45, 7) is 1.71. The Labute approximate surface area is 121 Å². The zero-order valence-electron chi connectivity index (χ0n) is 12.1. The van der Waals surface area contributed by atoms with Gasteiger partial charge in [-0.1, -0.05) is 0 Å². The van der Waals surface area contributed by atoms with Crippen LogP contribution < -0.4 is 9.47 Å². The molecule has 0 radical (unpaired) electrons. The average Bonchev–Trinajstić information content (AvgIpc) is 2.81. The monoisotopic (exact) mass is 292 g/mol. The van der Waals surface area contributed by atoms with Gasteiger partial charge < -0.3 is 19.3 Å². The molecule has 0 bridgehead atoms. The Balaban J connectivity index is 2.39. The second kappa shape index (κ2) is 5.87. The average molecular weight is 292 g/mol. The van der Waals surface area contributed by atoms with E-state index in [9.17, 15) is 14.7 Å². The fourth-order valence-corrected chi connectivity index (χ4v) is 2.23. The van der Waals surface area contributed by atoms with Crippen LogP contribution in [0.1, 0.15) is 18.1 Å². The molecule has 0 saturated heterocycles. The third kappa shape index (κ3) is 2.56. The van der Waals surface area contributed by atoms with Crippen molar-refractivity contribution in [1.29, 1.82) is 0 Å². The second-order valence-electron chi connectivity index (χ2n) is 4.42. The third-order valence-electron chi connectivity index (χ3n) is 3.25. The molecule has 1 aliphatic carbocycles. The lowest BCUT2D eigenvalue weighted by molar-refractivity contribution is -0.151. The van der Waals surface area contributed by atoms with Gasteiger partial charge in [-0.15, -0.1) is 0 Å². The zero-order chi connectivity index (χ0) is 15.6. The van der Waals surface area contributed by atoms with E-state index in [2.05, 4.69) is 4.74 Å². The Kier molecular flexibility index (Phi) is 4.16. The molecule has 0 heterocycles. The van der Waals surface area contributed by atoms with Gasteiger partial charge >= 0.3 is 5.97 Å². The number of esters is 1. The molecule has 0 amide bonds. The molecule has 112 valence electrons. The molecule has 0 unspecified atom stereocenters. The summed E-state index contributed by atoms with van der Waals surface area (Å²) in [7, 11) is 2.97. The summed E-state index contributed by atoms with van der Waals surface area (Å²) in [6, 6.07) is 3.25. The van der Waals surface area contributed by atoms with Gasteiger partial charge in [0.15, 0.2) is 11.5 Å². The van der Waals surface area contributed by atoms with Crippen LogP contribution in [0.4, 0.5) is 0 Å². The Morgan fingerprint density at radius 3 is 2.38 bits per heavy atom. The number of aliphatic hydroxyl groups excluding tert-OH is 1. The minimum absolute atomic E-state index is 0.0266. The maximum atomic E-state index is 12.0. The SMILES string of the molecule is CCOC(=O)C(=O)C1=C(O)c2cc(OC)c(OC)cc2C1. The van der Waals surface area contributed by atoms with Crippen molar-refractivity contribution in [3.8, 4) is 11.5 Å². The number of hydrogen-bond donors (Lipinski definition) is 1. The quantitative estimate of drug-likeness (QED) is 0.656. The molecule has 1 N–H and O–H groups in total. The molecule has 2 rings (SSSR count). The van der Waals surface area contributed by atoms with Crippen LogP contribution >= 0.6 is 0 Å². The van der Waals surface area contributed by atoms with Gasteiger partial charge in [-0.3, -0.25) is 4.79 Å². The summed E-state index contributed by atoms with van der Waals surface area (Å²) >= 11 is 0. The number of ether oxygens (including phenoxy) is 3. The molecular formula is C15H16O6. The van der Waals surface area contributed by atoms with Crippen LogP contribution in [0.3, 0.4) is 0 Å². The highest BCUT2D eigenvalue weighted by atomic mass is 16.5. The number of Topliss-reactive ketones (excluding diaryl/α,β-unsaturated/α-hetero) is 1. The zero-order valence-corrected chi connectivity index (χ0v) is 12.1. The predicted molar refractivity (Wildman–Crippen MR) is 74.4 cm³/mol. The van der Waals surface area contributed by atoms with Crippen LogP contribution in [0.25, 0.3) is 5.76 Å². The number of aliphatic hydroxyl groups is 1. The van der Waals surface area contributed by atoms with Crippen molar-refractivity contribution >= 4 is 17.5 Å². The van der Waals surface area contributed by atoms with Gasteiger partial charge in [0.1, 0.15) is 5.76 Å². The molecule has 6 heteroatoms. The molecule has 0 saturated carbocycles. The van der Waals surface area contributed by atoms with Crippen LogP contribution in [-0.2, 0) is 20.7 Å². The van der Waals surface area contributed by atoms with E-state index in [0.29, 0.717) is 22.6 Å². The van der Waals surface area contributed by atoms with Crippen molar-refractivity contribution in [2.24, 2.45) is 0 Å². The van der Waals surface area contributed by atoms with E-state index in [1.807, 2.05) is 0 Å². The van der Waals surface area contributed by atoms with Gasteiger partial charge in [-0.05, 0) is 24.6 Å². The Morgan fingerprint density at radius 2 is 1.81 bits per heavy atom. The number of methoxy groups -OCH3 is 2. The number of benzene rings is 1. The molecule has 0 aliphatic heterocycles. The normalized spacial score (nSPS) is 12.9. The van der Waals surface area contributed by atoms with Crippen LogP contribution in [0, 0.1) is 0 Å². The smallest absolute Gasteiger partial charge is 0.379 e. The van der Waals surface area contributed by atoms with Gasteiger partial charge in [-0.25, -0.2) is 4.79 Å². The number of fused-ring (bicyclic) bond motifs is 1. The minimum Gasteiger partial charge on any atom is -0.507 e. The number of hydrogen-bond acceptors (Lipinski definition) is 6. The van der Waals surface area contributed by atoms with Gasteiger partial charge in [0.25, 0.3) is 5.78 Å². The number of carbonyl (C=O) groups is 2. The maximum absolute atomic E-state index is 12.0. The first kappa shape index (κ1) is 14.9. The fraction of sp³-hybridized carbons (Fsp3) is 0.333. The Bertz CT molecular complexity index is 629. The van der Waals surface area contributed by atoms with Crippen molar-refractivity contribution in [3.05, 3.63) is 28.8 Å². The highest BCUT2D eigenvalue weighted by Crippen LogP contribution is 2.39. The van der Waals surface area contributed by atoms with Gasteiger partial charge in [0.2, 0.25) is 0 Å². The van der Waals surface area contributed by atoms with Crippen molar-refractivity contribution in [2.45, 2.75) is 13.3 Å². The lowest BCUT2D eigenvalue weighted by Crippen LogP contribution is -2.20. The summed E-state index contributed by atoms with van der Waals surface area (Å²) in [6.07, 6.45) is 0.152. The third-order valence-corrected chi connectivity index (χ3v) is 3.25. The summed E-state index contributed by atoms with van der Waals surface area (Å²) in [5.41, 5.74) is 1.18. The highest BCUT2D eigenvalue weighted by molar-refractivity contribution is 6.42. The molecule has 1 aromatic rings. The van der Waals surface area contributed by atoms with Crippen molar-refractivity contribution in [3.63, 3.8) is 0 Å². The van der Waals surface area contributed by atoms with E-state index in [1.54, 1.807) is 19.1 Å². The van der Waals surface area contributed by atoms with Crippen molar-refractivity contribution in [1.82, 2.24) is 0 Å². The van der Waals surface area contributed by atoms with Crippen LogP contribution in [0.2, 0.25) is 0 Å². The minimum atomic E-state index is -0.967. The molecule has 0 aromatic heterocycles. The van der Waals surface area contributed by atoms with E-state index in [0.717, 1.165) is 0 Å². The maximum Gasteiger partial charge on any atom is 0.379 e. The number of ketones is 1. The predicted octanol–water partition coefficient (Wildman–Crippen LogP) is 1.66. The molecule has 0 atom stereocenters. The van der Waals surface area contributed by atoms with E-state index >= 15 is 0 Å². The van der Waals surface area contributed by atoms with Crippen LogP contribution in [-0.4, -0.2) is 37.7 Å². The van der Waals surface area contributed by atoms with Gasteiger partial charge in [-0.2, -0.15) is 0 Å². The van der Waals surface area contributed by atoms with Crippen molar-refractivity contribution in [2.75, 3.05) is 20.8 Å². The molecule has 0 fully saturated rings. The van der Waals surface area contributed by atoms with E-state index in [1.165, 1.54) is 14.2 Å².